The lowest BCUT2D eigenvalue weighted by Crippen LogP contribution is -2.35. The number of methoxy groups -OCH3 is 1. The molecule has 1 fully saturated rings. The Kier molecular flexibility index (Phi) is 7.02. The summed E-state index contributed by atoms with van der Waals surface area (Å²) in [6.45, 7) is 7.10. The minimum atomic E-state index is -0.577. The Morgan fingerprint density at radius 1 is 1.23 bits per heavy atom. The number of carbonyl (C=O) groups is 3. The van der Waals surface area contributed by atoms with E-state index in [-0.39, 0.29) is 23.7 Å². The first-order chi connectivity index (χ1) is 14.4. The summed E-state index contributed by atoms with van der Waals surface area (Å²) < 4.78 is 10.2. The van der Waals surface area contributed by atoms with Gasteiger partial charge in [-0.05, 0) is 30.2 Å². The van der Waals surface area contributed by atoms with Crippen molar-refractivity contribution in [1.29, 1.82) is 0 Å². The zero-order valence-electron chi connectivity index (χ0n) is 17.5. The van der Waals surface area contributed by atoms with Crippen LogP contribution in [0.1, 0.15) is 44.6 Å². The number of benzene rings is 1. The average Bonchev–Trinajstić information content (AvgIpc) is 3.04. The standard InChI is InChI=1S/C22H27N3O5/c1-14-20(22(28)29-3)18(24-21(14)15(2)26)12-19(27)23-17-6-4-5-16(11-17)13-25-7-9-30-10-8-25/h4-6,11,24H,7-10,12-13H2,1-3H3,(H,23,27). The second-order valence-electron chi connectivity index (χ2n) is 7.34. The smallest absolute Gasteiger partial charge is 0.339 e. The molecule has 1 aliphatic rings. The minimum Gasteiger partial charge on any atom is -0.465 e. The van der Waals surface area contributed by atoms with Gasteiger partial charge in [0.2, 0.25) is 5.91 Å². The van der Waals surface area contributed by atoms with Crippen LogP contribution in [0.5, 0.6) is 0 Å². The zero-order valence-corrected chi connectivity index (χ0v) is 17.5. The van der Waals surface area contributed by atoms with Gasteiger partial charge < -0.3 is 19.8 Å². The van der Waals surface area contributed by atoms with Gasteiger partial charge in [0, 0.05) is 37.9 Å². The summed E-state index contributed by atoms with van der Waals surface area (Å²) in [5.41, 5.74) is 3.18. The van der Waals surface area contributed by atoms with Gasteiger partial charge in [0.1, 0.15) is 0 Å². The largest absolute Gasteiger partial charge is 0.465 e. The van der Waals surface area contributed by atoms with Gasteiger partial charge in [-0.15, -0.1) is 0 Å². The summed E-state index contributed by atoms with van der Waals surface area (Å²) in [5, 5.41) is 2.87. The van der Waals surface area contributed by atoms with Crippen LogP contribution in [0, 0.1) is 6.92 Å². The predicted octanol–water partition coefficient (Wildman–Crippen LogP) is 2.33. The topological polar surface area (TPSA) is 101 Å². The molecule has 1 aromatic carbocycles. The van der Waals surface area contributed by atoms with Gasteiger partial charge in [-0.3, -0.25) is 14.5 Å². The maximum atomic E-state index is 12.6. The molecule has 0 spiro atoms. The Morgan fingerprint density at radius 2 is 1.97 bits per heavy atom. The first kappa shape index (κ1) is 21.7. The van der Waals surface area contributed by atoms with Gasteiger partial charge >= 0.3 is 5.97 Å². The van der Waals surface area contributed by atoms with Crippen LogP contribution < -0.4 is 5.32 Å². The molecule has 1 aromatic heterocycles. The second-order valence-corrected chi connectivity index (χ2v) is 7.34. The fourth-order valence-electron chi connectivity index (χ4n) is 3.65. The number of anilines is 1. The van der Waals surface area contributed by atoms with Crippen LogP contribution in [0.15, 0.2) is 24.3 Å². The highest BCUT2D eigenvalue weighted by Crippen LogP contribution is 2.21. The molecule has 0 radical (unpaired) electrons. The number of H-pyrrole nitrogens is 1. The molecule has 0 aliphatic carbocycles. The van der Waals surface area contributed by atoms with Crippen molar-refractivity contribution in [3.8, 4) is 0 Å². The highest BCUT2D eigenvalue weighted by molar-refractivity contribution is 6.02. The number of hydrogen-bond acceptors (Lipinski definition) is 6. The van der Waals surface area contributed by atoms with E-state index in [1.807, 2.05) is 24.3 Å². The maximum Gasteiger partial charge on any atom is 0.339 e. The van der Waals surface area contributed by atoms with Crippen LogP contribution in [0.25, 0.3) is 0 Å². The quantitative estimate of drug-likeness (QED) is 0.534. The van der Waals surface area contributed by atoms with Crippen molar-refractivity contribution in [3.05, 3.63) is 52.3 Å². The maximum absolute atomic E-state index is 12.6. The first-order valence-electron chi connectivity index (χ1n) is 9.88. The van der Waals surface area contributed by atoms with E-state index in [0.717, 1.165) is 38.4 Å². The molecule has 0 saturated carbocycles. The van der Waals surface area contributed by atoms with Crippen LogP contribution >= 0.6 is 0 Å². The Morgan fingerprint density at radius 3 is 2.63 bits per heavy atom. The van der Waals surface area contributed by atoms with E-state index in [1.165, 1.54) is 14.0 Å². The van der Waals surface area contributed by atoms with Crippen molar-refractivity contribution in [1.82, 2.24) is 9.88 Å². The van der Waals surface area contributed by atoms with Gasteiger partial charge in [0.15, 0.2) is 5.78 Å². The van der Waals surface area contributed by atoms with E-state index >= 15 is 0 Å². The molecule has 2 heterocycles. The van der Waals surface area contributed by atoms with Crippen molar-refractivity contribution in [2.75, 3.05) is 38.7 Å². The van der Waals surface area contributed by atoms with Crippen LogP contribution in [0.3, 0.4) is 0 Å². The fourth-order valence-corrected chi connectivity index (χ4v) is 3.65. The van der Waals surface area contributed by atoms with E-state index in [1.54, 1.807) is 6.92 Å². The van der Waals surface area contributed by atoms with Gasteiger partial charge in [-0.1, -0.05) is 12.1 Å². The van der Waals surface area contributed by atoms with Crippen molar-refractivity contribution in [3.63, 3.8) is 0 Å². The molecule has 8 heteroatoms. The number of hydrogen-bond donors (Lipinski definition) is 2. The minimum absolute atomic E-state index is 0.0771. The summed E-state index contributed by atoms with van der Waals surface area (Å²) >= 11 is 0. The van der Waals surface area contributed by atoms with Gasteiger partial charge in [-0.25, -0.2) is 4.79 Å². The van der Waals surface area contributed by atoms with E-state index in [4.69, 9.17) is 9.47 Å². The van der Waals surface area contributed by atoms with Crippen molar-refractivity contribution >= 4 is 23.3 Å². The average molecular weight is 413 g/mol. The number of rotatable bonds is 7. The van der Waals surface area contributed by atoms with Crippen LogP contribution in [-0.2, 0) is 27.2 Å². The van der Waals surface area contributed by atoms with Crippen LogP contribution in [0.4, 0.5) is 5.69 Å². The highest BCUT2D eigenvalue weighted by atomic mass is 16.5. The molecule has 1 saturated heterocycles. The fraction of sp³-hybridized carbons (Fsp3) is 0.409. The summed E-state index contributed by atoms with van der Waals surface area (Å²) in [6.07, 6.45) is -0.0771. The molecular weight excluding hydrogens is 386 g/mol. The number of ether oxygens (including phenoxy) is 2. The summed E-state index contributed by atoms with van der Waals surface area (Å²) in [6, 6.07) is 7.68. The molecule has 2 N–H and O–H groups in total. The summed E-state index contributed by atoms with van der Waals surface area (Å²) in [4.78, 5) is 41.9. The molecule has 8 nitrogen and oxygen atoms in total. The second kappa shape index (κ2) is 9.69. The number of morpholine rings is 1. The van der Waals surface area contributed by atoms with Crippen molar-refractivity contribution in [2.45, 2.75) is 26.8 Å². The lowest BCUT2D eigenvalue weighted by Gasteiger charge is -2.26. The zero-order chi connectivity index (χ0) is 21.7. The number of esters is 1. The number of aromatic nitrogens is 1. The monoisotopic (exact) mass is 413 g/mol. The van der Waals surface area contributed by atoms with E-state index in [2.05, 4.69) is 15.2 Å². The Bertz CT molecular complexity index is 944. The summed E-state index contributed by atoms with van der Waals surface area (Å²) in [7, 11) is 1.27. The number of ketones is 1. The summed E-state index contributed by atoms with van der Waals surface area (Å²) in [5.74, 6) is -1.08. The molecule has 2 aromatic rings. The van der Waals surface area contributed by atoms with Gasteiger partial charge in [-0.2, -0.15) is 0 Å². The molecule has 0 atom stereocenters. The van der Waals surface area contributed by atoms with Crippen molar-refractivity contribution in [2.24, 2.45) is 0 Å². The Hall–Kier alpha value is -2.97. The first-order valence-corrected chi connectivity index (χ1v) is 9.88. The lowest BCUT2D eigenvalue weighted by atomic mass is 10.1. The predicted molar refractivity (Wildman–Crippen MR) is 112 cm³/mol. The molecule has 160 valence electrons. The molecule has 1 amide bonds. The molecule has 0 bridgehead atoms. The normalized spacial score (nSPS) is 14.4. The number of nitrogens with zero attached hydrogens (tertiary/aromatic N) is 1. The highest BCUT2D eigenvalue weighted by Gasteiger charge is 2.24. The van der Waals surface area contributed by atoms with E-state index in [9.17, 15) is 14.4 Å². The van der Waals surface area contributed by atoms with E-state index < -0.39 is 5.97 Å². The number of amides is 1. The Balaban J connectivity index is 1.71. The van der Waals surface area contributed by atoms with E-state index in [0.29, 0.717) is 22.6 Å². The molecular formula is C22H27N3O5. The number of carbonyl (C=O) groups excluding carboxylic acids is 3. The molecule has 0 unspecified atom stereocenters. The molecule has 30 heavy (non-hydrogen) atoms. The number of aromatic amines is 1. The molecule has 1 aliphatic heterocycles. The lowest BCUT2D eigenvalue weighted by molar-refractivity contribution is -0.115. The third kappa shape index (κ3) is 5.14. The number of Topliss-reactive ketones (excluding diaryl/α,β-unsaturated/α-hetero) is 1. The van der Waals surface area contributed by atoms with Crippen molar-refractivity contribution < 1.29 is 23.9 Å². The third-order valence-corrected chi connectivity index (χ3v) is 5.13. The third-order valence-electron chi connectivity index (χ3n) is 5.13. The van der Waals surface area contributed by atoms with Gasteiger partial charge in [0.25, 0.3) is 0 Å². The van der Waals surface area contributed by atoms with Crippen LogP contribution in [-0.4, -0.2) is 61.0 Å². The Labute approximate surface area is 175 Å². The SMILES string of the molecule is COC(=O)c1c(CC(=O)Nc2cccc(CN3CCOCC3)c2)[nH]c(C(C)=O)c1C. The molecule has 3 rings (SSSR count). The van der Waals surface area contributed by atoms with Gasteiger partial charge in [0.05, 0.1) is 38.0 Å². The number of nitrogens with one attached hydrogen (secondary N) is 2. The van der Waals surface area contributed by atoms with Crippen LogP contribution in [0.2, 0.25) is 0 Å².